The van der Waals surface area contributed by atoms with E-state index < -0.39 is 0 Å². The molecule has 0 N–H and O–H groups in total. The summed E-state index contributed by atoms with van der Waals surface area (Å²) in [6, 6.07) is 3.93. The van der Waals surface area contributed by atoms with Crippen LogP contribution in [0, 0.1) is 13.8 Å². The van der Waals surface area contributed by atoms with Gasteiger partial charge in [0.25, 0.3) is 0 Å². The van der Waals surface area contributed by atoms with Crippen molar-refractivity contribution >= 4 is 23.4 Å². The highest BCUT2D eigenvalue weighted by Crippen LogP contribution is 2.39. The van der Waals surface area contributed by atoms with Gasteiger partial charge in [0.05, 0.1) is 17.3 Å². The second kappa shape index (κ2) is 7.68. The van der Waals surface area contributed by atoms with E-state index >= 15 is 0 Å². The van der Waals surface area contributed by atoms with Gasteiger partial charge in [-0.3, -0.25) is 0 Å². The van der Waals surface area contributed by atoms with E-state index in [9.17, 15) is 0 Å². The number of imidazole rings is 1. The molecule has 0 bridgehead atoms. The standard InChI is InChI=1S/C17H21ClN2O3S/c1-11-12(2)20(4-5-21-3)17(19-11)24-10-13-8-14(18)16-15(9-13)22-6-7-23-16/h8-9H,4-7,10H2,1-3H3. The zero-order valence-corrected chi connectivity index (χ0v) is 15.7. The number of rotatable bonds is 6. The fraction of sp³-hybridized carbons (Fsp3) is 0.471. The zero-order chi connectivity index (χ0) is 17.1. The lowest BCUT2D eigenvalue weighted by Crippen LogP contribution is -2.15. The molecule has 2 heterocycles. The Balaban J connectivity index is 1.76. The number of ether oxygens (including phenoxy) is 3. The van der Waals surface area contributed by atoms with Crippen LogP contribution >= 0.6 is 23.4 Å². The lowest BCUT2D eigenvalue weighted by Gasteiger charge is -2.20. The first-order valence-electron chi connectivity index (χ1n) is 7.83. The number of hydrogen-bond donors (Lipinski definition) is 0. The maximum absolute atomic E-state index is 6.31. The van der Waals surface area contributed by atoms with Crippen LogP contribution in [0.4, 0.5) is 0 Å². The van der Waals surface area contributed by atoms with Crippen molar-refractivity contribution in [2.45, 2.75) is 31.3 Å². The molecule has 0 amide bonds. The van der Waals surface area contributed by atoms with Crippen LogP contribution in [-0.2, 0) is 17.0 Å². The summed E-state index contributed by atoms with van der Waals surface area (Å²) in [6.45, 7) is 6.68. The molecule has 0 fully saturated rings. The summed E-state index contributed by atoms with van der Waals surface area (Å²) in [6.07, 6.45) is 0. The molecule has 0 spiro atoms. The predicted molar refractivity (Wildman–Crippen MR) is 95.6 cm³/mol. The van der Waals surface area contributed by atoms with Crippen molar-refractivity contribution in [3.8, 4) is 11.5 Å². The SMILES string of the molecule is COCCn1c(SCc2cc(Cl)c3c(c2)OCCO3)nc(C)c1C. The van der Waals surface area contributed by atoms with Crippen LogP contribution in [0.1, 0.15) is 17.0 Å². The summed E-state index contributed by atoms with van der Waals surface area (Å²) in [7, 11) is 1.71. The monoisotopic (exact) mass is 368 g/mol. The fourth-order valence-corrected chi connectivity index (χ4v) is 3.91. The van der Waals surface area contributed by atoms with Gasteiger partial charge >= 0.3 is 0 Å². The summed E-state index contributed by atoms with van der Waals surface area (Å²) in [5.41, 5.74) is 3.31. The maximum atomic E-state index is 6.31. The molecule has 7 heteroatoms. The van der Waals surface area contributed by atoms with Gasteiger partial charge in [0, 0.05) is 25.1 Å². The molecule has 1 aromatic heterocycles. The van der Waals surface area contributed by atoms with E-state index in [1.54, 1.807) is 18.9 Å². The van der Waals surface area contributed by atoms with Gasteiger partial charge in [-0.15, -0.1) is 0 Å². The molecule has 5 nitrogen and oxygen atoms in total. The lowest BCUT2D eigenvalue weighted by atomic mass is 10.2. The Morgan fingerprint density at radius 3 is 2.88 bits per heavy atom. The Hall–Kier alpha value is -1.37. The molecule has 1 aromatic carbocycles. The Kier molecular flexibility index (Phi) is 5.58. The van der Waals surface area contributed by atoms with E-state index in [2.05, 4.69) is 16.5 Å². The molecule has 0 aliphatic carbocycles. The minimum absolute atomic E-state index is 0.538. The highest BCUT2D eigenvalue weighted by Gasteiger charge is 2.17. The molecule has 0 saturated heterocycles. The van der Waals surface area contributed by atoms with E-state index in [-0.39, 0.29) is 0 Å². The number of fused-ring (bicyclic) bond motifs is 1. The summed E-state index contributed by atoms with van der Waals surface area (Å²) in [5.74, 6) is 2.13. The number of nitrogens with zero attached hydrogens (tertiary/aromatic N) is 2. The largest absolute Gasteiger partial charge is 0.486 e. The summed E-state index contributed by atoms with van der Waals surface area (Å²) < 4.78 is 18.6. The van der Waals surface area contributed by atoms with Crippen LogP contribution in [0.3, 0.4) is 0 Å². The second-order valence-electron chi connectivity index (χ2n) is 5.60. The van der Waals surface area contributed by atoms with Gasteiger partial charge < -0.3 is 18.8 Å². The average molecular weight is 369 g/mol. The van der Waals surface area contributed by atoms with Gasteiger partial charge in [0.15, 0.2) is 16.7 Å². The van der Waals surface area contributed by atoms with Crippen LogP contribution in [0.2, 0.25) is 5.02 Å². The van der Waals surface area contributed by atoms with Crippen LogP contribution < -0.4 is 9.47 Å². The van der Waals surface area contributed by atoms with Gasteiger partial charge in [-0.05, 0) is 31.5 Å². The van der Waals surface area contributed by atoms with Crippen LogP contribution in [0.25, 0.3) is 0 Å². The second-order valence-corrected chi connectivity index (χ2v) is 6.95. The summed E-state index contributed by atoms with van der Waals surface area (Å²) >= 11 is 7.99. The van der Waals surface area contributed by atoms with Crippen molar-refractivity contribution in [1.82, 2.24) is 9.55 Å². The molecule has 1 aliphatic heterocycles. The molecule has 0 saturated carbocycles. The lowest BCUT2D eigenvalue weighted by molar-refractivity contribution is 0.171. The molecule has 1 aliphatic rings. The topological polar surface area (TPSA) is 45.5 Å². The first-order valence-corrected chi connectivity index (χ1v) is 9.20. The quantitative estimate of drug-likeness (QED) is 0.724. The van der Waals surface area contributed by atoms with Crippen LogP contribution in [-0.4, -0.2) is 36.5 Å². The van der Waals surface area contributed by atoms with Crippen molar-refractivity contribution in [2.24, 2.45) is 0 Å². The Bertz CT molecular complexity index is 733. The molecule has 0 unspecified atom stereocenters. The van der Waals surface area contributed by atoms with Gasteiger partial charge in [0.1, 0.15) is 13.2 Å². The number of benzene rings is 1. The predicted octanol–water partition coefficient (Wildman–Crippen LogP) is 3.86. The van der Waals surface area contributed by atoms with Crippen molar-refractivity contribution in [1.29, 1.82) is 0 Å². The van der Waals surface area contributed by atoms with Crippen LogP contribution in [0.5, 0.6) is 11.5 Å². The van der Waals surface area contributed by atoms with E-state index in [0.29, 0.717) is 30.6 Å². The first kappa shape index (κ1) is 17.5. The van der Waals surface area contributed by atoms with Crippen molar-refractivity contribution in [3.63, 3.8) is 0 Å². The maximum Gasteiger partial charge on any atom is 0.179 e. The number of hydrogen-bond acceptors (Lipinski definition) is 5. The highest BCUT2D eigenvalue weighted by molar-refractivity contribution is 7.98. The van der Waals surface area contributed by atoms with E-state index in [4.69, 9.17) is 25.8 Å². The minimum atomic E-state index is 0.538. The van der Waals surface area contributed by atoms with E-state index in [1.807, 2.05) is 19.1 Å². The molecule has 130 valence electrons. The molecule has 3 rings (SSSR count). The van der Waals surface area contributed by atoms with Gasteiger partial charge in [-0.1, -0.05) is 23.4 Å². The summed E-state index contributed by atoms with van der Waals surface area (Å²) in [4.78, 5) is 4.67. The van der Waals surface area contributed by atoms with Gasteiger partial charge in [-0.2, -0.15) is 0 Å². The smallest absolute Gasteiger partial charge is 0.179 e. The van der Waals surface area contributed by atoms with Crippen molar-refractivity contribution in [2.75, 3.05) is 26.9 Å². The van der Waals surface area contributed by atoms with Gasteiger partial charge in [-0.25, -0.2) is 4.98 Å². The zero-order valence-electron chi connectivity index (χ0n) is 14.1. The summed E-state index contributed by atoms with van der Waals surface area (Å²) in [5, 5.41) is 1.59. The Labute approximate surface area is 151 Å². The third-order valence-electron chi connectivity index (χ3n) is 3.97. The Morgan fingerprint density at radius 2 is 2.08 bits per heavy atom. The molecule has 0 radical (unpaired) electrons. The van der Waals surface area contributed by atoms with Gasteiger partial charge in [0.2, 0.25) is 0 Å². The highest BCUT2D eigenvalue weighted by atomic mass is 35.5. The Morgan fingerprint density at radius 1 is 1.29 bits per heavy atom. The molecular formula is C17H21ClN2O3S. The normalized spacial score (nSPS) is 13.3. The molecule has 2 aromatic rings. The number of aromatic nitrogens is 2. The molecular weight excluding hydrogens is 348 g/mol. The number of aryl methyl sites for hydroxylation is 1. The molecule has 24 heavy (non-hydrogen) atoms. The first-order chi connectivity index (χ1) is 11.6. The number of halogens is 1. The third kappa shape index (κ3) is 3.66. The minimum Gasteiger partial charge on any atom is -0.486 e. The third-order valence-corrected chi connectivity index (χ3v) is 5.29. The molecule has 0 atom stereocenters. The number of methoxy groups -OCH3 is 1. The van der Waals surface area contributed by atoms with Crippen LogP contribution in [0.15, 0.2) is 17.3 Å². The van der Waals surface area contributed by atoms with Crippen molar-refractivity contribution in [3.05, 3.63) is 34.1 Å². The van der Waals surface area contributed by atoms with E-state index in [1.165, 1.54) is 5.69 Å². The number of thioether (sulfide) groups is 1. The average Bonchev–Trinajstić information content (AvgIpc) is 2.85. The fourth-order valence-electron chi connectivity index (χ4n) is 2.58. The van der Waals surface area contributed by atoms with E-state index in [0.717, 1.165) is 34.5 Å². The van der Waals surface area contributed by atoms with Crippen molar-refractivity contribution < 1.29 is 14.2 Å².